The van der Waals surface area contributed by atoms with Gasteiger partial charge in [-0.15, -0.1) is 10.2 Å². The second kappa shape index (κ2) is 8.29. The Morgan fingerprint density at radius 3 is 2.73 bits per heavy atom. The number of aromatic nitrogens is 5. The van der Waals surface area contributed by atoms with Gasteiger partial charge in [-0.3, -0.25) is 10.1 Å². The van der Waals surface area contributed by atoms with Crippen LogP contribution in [-0.2, 0) is 4.79 Å². The van der Waals surface area contributed by atoms with E-state index in [4.69, 9.17) is 5.84 Å². The number of nitrogens with zero attached hydrogens (tertiary/aromatic N) is 5. The lowest BCUT2D eigenvalue weighted by Gasteiger charge is -2.28. The molecule has 30 heavy (non-hydrogen) atoms. The van der Waals surface area contributed by atoms with Crippen LogP contribution in [0.4, 0.5) is 4.79 Å². The summed E-state index contributed by atoms with van der Waals surface area (Å²) in [4.78, 5) is 24.4. The maximum Gasteiger partial charge on any atom is 0.321 e. The monoisotopic (exact) mass is 432 g/mol. The number of nitrogens with two attached hydrogens (primary N) is 1. The molecule has 0 saturated heterocycles. The third-order valence-corrected chi connectivity index (χ3v) is 7.17. The lowest BCUT2D eigenvalue weighted by molar-refractivity contribution is -0.117. The number of carbonyl (C=O) groups is 2. The van der Waals surface area contributed by atoms with E-state index >= 15 is 0 Å². The summed E-state index contributed by atoms with van der Waals surface area (Å²) in [7, 11) is 0. The van der Waals surface area contributed by atoms with Crippen LogP contribution in [0, 0.1) is 31.6 Å². The predicted octanol–water partition coefficient (Wildman–Crippen LogP) is 1.54. The number of hydrogen-bond acceptors (Lipinski definition) is 7. The number of rotatable bonds is 6. The van der Waals surface area contributed by atoms with Crippen molar-refractivity contribution in [2.75, 3.05) is 11.6 Å². The van der Waals surface area contributed by atoms with E-state index < -0.39 is 11.9 Å². The summed E-state index contributed by atoms with van der Waals surface area (Å²) in [5.41, 5.74) is 1.72. The molecular weight excluding hydrogens is 404 g/mol. The quantitative estimate of drug-likeness (QED) is 0.466. The summed E-state index contributed by atoms with van der Waals surface area (Å²) >= 11 is 1.11. The van der Waals surface area contributed by atoms with Gasteiger partial charge in [0.2, 0.25) is 11.1 Å². The zero-order valence-electron chi connectivity index (χ0n) is 17.5. The molecule has 162 valence electrons. The second-order valence-corrected chi connectivity index (χ2v) is 9.37. The summed E-state index contributed by atoms with van der Waals surface area (Å²) in [6.45, 7) is 5.80. The molecule has 0 aliphatic heterocycles. The number of urea groups is 1. The van der Waals surface area contributed by atoms with E-state index in [0.717, 1.165) is 29.1 Å². The lowest BCUT2D eigenvalue weighted by atomic mass is 9.84. The molecule has 2 aliphatic carbocycles. The van der Waals surface area contributed by atoms with Gasteiger partial charge in [0, 0.05) is 11.7 Å². The zero-order valence-corrected chi connectivity index (χ0v) is 18.3. The van der Waals surface area contributed by atoms with Crippen molar-refractivity contribution in [3.63, 3.8) is 0 Å². The van der Waals surface area contributed by atoms with Crippen molar-refractivity contribution in [3.8, 4) is 5.95 Å². The Balaban J connectivity index is 1.27. The third kappa shape index (κ3) is 4.16. The molecule has 2 saturated carbocycles. The fourth-order valence-corrected chi connectivity index (χ4v) is 5.54. The van der Waals surface area contributed by atoms with Crippen LogP contribution in [0.15, 0.2) is 11.2 Å². The van der Waals surface area contributed by atoms with Crippen LogP contribution in [0.25, 0.3) is 5.95 Å². The molecule has 2 bridgehead atoms. The predicted molar refractivity (Wildman–Crippen MR) is 113 cm³/mol. The van der Waals surface area contributed by atoms with Gasteiger partial charge in [0.1, 0.15) is 0 Å². The number of amides is 3. The number of imide groups is 1. The Morgan fingerprint density at radius 2 is 2.10 bits per heavy atom. The fraction of sp³-hybridized carbons (Fsp3) is 0.632. The summed E-state index contributed by atoms with van der Waals surface area (Å²) in [5, 5.41) is 18.1. The molecule has 4 rings (SSSR count). The number of hydrogen-bond donors (Lipinski definition) is 3. The Hall–Kier alpha value is -2.56. The number of thioether (sulfide) groups is 1. The van der Waals surface area contributed by atoms with Gasteiger partial charge >= 0.3 is 6.03 Å². The first kappa shape index (κ1) is 20.7. The zero-order chi connectivity index (χ0) is 21.4. The third-order valence-electron chi connectivity index (χ3n) is 6.22. The smallest absolute Gasteiger partial charge is 0.321 e. The van der Waals surface area contributed by atoms with Gasteiger partial charge in [0.15, 0.2) is 0 Å². The fourth-order valence-electron chi connectivity index (χ4n) is 4.89. The minimum atomic E-state index is -0.451. The van der Waals surface area contributed by atoms with Gasteiger partial charge in [0.05, 0.1) is 11.4 Å². The number of nitrogens with one attached hydrogen (secondary N) is 2. The van der Waals surface area contributed by atoms with Crippen LogP contribution in [0.2, 0.25) is 0 Å². The summed E-state index contributed by atoms with van der Waals surface area (Å²) < 4.78 is 2.88. The number of nitrogen functional groups attached to an aromatic ring is 1. The van der Waals surface area contributed by atoms with Gasteiger partial charge in [-0.1, -0.05) is 18.2 Å². The Bertz CT molecular complexity index is 954. The van der Waals surface area contributed by atoms with E-state index in [-0.39, 0.29) is 11.8 Å². The number of aryl methyl sites for hydroxylation is 2. The van der Waals surface area contributed by atoms with Crippen LogP contribution in [-0.4, -0.2) is 48.4 Å². The first-order valence-corrected chi connectivity index (χ1v) is 11.3. The largest absolute Gasteiger partial charge is 0.335 e. The Labute approximate surface area is 179 Å². The molecule has 0 aromatic carbocycles. The molecule has 10 nitrogen and oxygen atoms in total. The summed E-state index contributed by atoms with van der Waals surface area (Å²) in [5.74, 6) is 8.07. The molecule has 2 heterocycles. The highest BCUT2D eigenvalue weighted by molar-refractivity contribution is 7.99. The van der Waals surface area contributed by atoms with E-state index in [1.807, 2.05) is 26.8 Å². The maximum absolute atomic E-state index is 12.2. The van der Waals surface area contributed by atoms with Crippen LogP contribution < -0.4 is 16.5 Å². The molecule has 3 amide bonds. The molecule has 2 fully saturated rings. The molecule has 0 spiro atoms. The topological polar surface area (TPSA) is 133 Å². The van der Waals surface area contributed by atoms with E-state index in [2.05, 4.69) is 25.9 Å². The van der Waals surface area contributed by atoms with Gasteiger partial charge in [-0.2, -0.15) is 5.10 Å². The van der Waals surface area contributed by atoms with Crippen molar-refractivity contribution in [2.24, 2.45) is 17.8 Å². The molecular formula is C19H28N8O2S. The van der Waals surface area contributed by atoms with Crippen molar-refractivity contribution in [1.29, 1.82) is 0 Å². The van der Waals surface area contributed by atoms with Crippen molar-refractivity contribution in [1.82, 2.24) is 35.3 Å². The average Bonchev–Trinajstić information content (AvgIpc) is 3.45. The minimum Gasteiger partial charge on any atom is -0.335 e. The van der Waals surface area contributed by atoms with E-state index in [0.29, 0.717) is 22.9 Å². The number of fused-ring (bicyclic) bond motifs is 2. The van der Waals surface area contributed by atoms with Crippen molar-refractivity contribution in [3.05, 3.63) is 17.5 Å². The molecule has 0 radical (unpaired) electrons. The highest BCUT2D eigenvalue weighted by atomic mass is 32.2. The average molecular weight is 433 g/mol. The van der Waals surface area contributed by atoms with Gasteiger partial charge in [-0.25, -0.2) is 14.2 Å². The standard InChI is InChI=1S/C19H28N8O2S/c1-10-6-11(2)27(25-10)18-23-24-19(26(18)20)30-9-16(28)22-17(29)21-12(3)15-8-13-4-5-14(15)7-13/h6,12-15H,4-5,7-9,20H2,1-3H3,(H2,21,22,28,29). The van der Waals surface area contributed by atoms with Gasteiger partial charge < -0.3 is 11.2 Å². The van der Waals surface area contributed by atoms with Crippen LogP contribution in [0.5, 0.6) is 0 Å². The van der Waals surface area contributed by atoms with E-state index in [1.165, 1.54) is 30.4 Å². The Morgan fingerprint density at radius 1 is 1.30 bits per heavy atom. The number of carbonyl (C=O) groups excluding carboxylic acids is 2. The maximum atomic E-state index is 12.2. The second-order valence-electron chi connectivity index (χ2n) is 8.43. The molecule has 11 heteroatoms. The first-order chi connectivity index (χ1) is 14.3. The molecule has 2 aromatic rings. The van der Waals surface area contributed by atoms with Gasteiger partial charge in [0.25, 0.3) is 5.95 Å². The highest BCUT2D eigenvalue weighted by Crippen LogP contribution is 2.49. The molecule has 4 unspecified atom stereocenters. The van der Waals surface area contributed by atoms with Crippen LogP contribution >= 0.6 is 11.8 Å². The minimum absolute atomic E-state index is 0.00236. The molecule has 2 aromatic heterocycles. The van der Waals surface area contributed by atoms with Crippen molar-refractivity contribution < 1.29 is 9.59 Å². The van der Waals surface area contributed by atoms with E-state index in [9.17, 15) is 9.59 Å². The molecule has 2 aliphatic rings. The van der Waals surface area contributed by atoms with Crippen molar-refractivity contribution >= 4 is 23.7 Å². The van der Waals surface area contributed by atoms with Gasteiger partial charge in [-0.05, 0) is 63.9 Å². The lowest BCUT2D eigenvalue weighted by Crippen LogP contribution is -2.47. The van der Waals surface area contributed by atoms with E-state index in [1.54, 1.807) is 4.68 Å². The van der Waals surface area contributed by atoms with Crippen LogP contribution in [0.1, 0.15) is 44.0 Å². The van der Waals surface area contributed by atoms with Crippen LogP contribution in [0.3, 0.4) is 0 Å². The highest BCUT2D eigenvalue weighted by Gasteiger charge is 2.42. The summed E-state index contributed by atoms with van der Waals surface area (Å²) in [6.07, 6.45) is 5.05. The first-order valence-electron chi connectivity index (χ1n) is 10.3. The molecule has 4 atom stereocenters. The molecule has 4 N–H and O–H groups in total. The van der Waals surface area contributed by atoms with Crippen molar-refractivity contribution in [2.45, 2.75) is 57.7 Å². The normalized spacial score (nSPS) is 23.5. The summed E-state index contributed by atoms with van der Waals surface area (Å²) in [6, 6.07) is 1.52. The Kier molecular flexibility index (Phi) is 5.72. The SMILES string of the molecule is Cc1cc(C)n(-c2nnc(SCC(=O)NC(=O)NC(C)C3CC4CCC3C4)n2N)n1.